The van der Waals surface area contributed by atoms with Gasteiger partial charge in [0.05, 0.1) is 0 Å². The normalized spacial score (nSPS) is 31.3. The minimum Gasteiger partial charge on any atom is -0.0840 e. The van der Waals surface area contributed by atoms with Gasteiger partial charge in [0, 0.05) is 9.52 Å². The van der Waals surface area contributed by atoms with Crippen LogP contribution >= 0.6 is 0 Å². The van der Waals surface area contributed by atoms with Crippen molar-refractivity contribution in [1.29, 1.82) is 0 Å². The van der Waals surface area contributed by atoms with Crippen LogP contribution in [0.2, 0.25) is 10.6 Å². The Morgan fingerprint density at radius 1 is 1.37 bits per heavy atom. The van der Waals surface area contributed by atoms with Crippen LogP contribution in [-0.2, 0) is 0 Å². The molecule has 0 aromatic heterocycles. The van der Waals surface area contributed by atoms with E-state index in [-0.39, 0.29) is 9.52 Å². The fraction of sp³-hybridized carbons (Fsp3) is 0.556. The van der Waals surface area contributed by atoms with E-state index < -0.39 is 0 Å². The van der Waals surface area contributed by atoms with E-state index in [2.05, 4.69) is 63.3 Å². The first kappa shape index (κ1) is 14.6. The number of allylic oxidation sites excluding steroid dienone is 8. The molecule has 0 bridgehead atoms. The number of rotatable bonds is 6. The molecule has 0 fully saturated rings. The Morgan fingerprint density at radius 3 is 2.84 bits per heavy atom. The van der Waals surface area contributed by atoms with Crippen LogP contribution in [0, 0.1) is 5.92 Å². The van der Waals surface area contributed by atoms with Crippen LogP contribution in [0.15, 0.2) is 48.1 Å². The summed E-state index contributed by atoms with van der Waals surface area (Å²) in [6.45, 7) is 6.97. The Bertz CT molecular complexity index is 413. The largest absolute Gasteiger partial charge is 0.0840 e. The van der Waals surface area contributed by atoms with Gasteiger partial charge in [-0.2, -0.15) is 0 Å². The maximum absolute atomic E-state index is 2.57. The zero-order valence-electron chi connectivity index (χ0n) is 12.7. The molecule has 0 spiro atoms. The first-order valence-electron chi connectivity index (χ1n) is 7.93. The Hall–Kier alpha value is -0.823. The van der Waals surface area contributed by atoms with E-state index in [4.69, 9.17) is 0 Å². The summed E-state index contributed by atoms with van der Waals surface area (Å²) in [5, 5.41) is 0.542. The highest BCUT2D eigenvalue weighted by Crippen LogP contribution is 2.44. The molecule has 0 aromatic carbocycles. The molecule has 0 radical (unpaired) electrons. The van der Waals surface area contributed by atoms with Crippen LogP contribution in [0.4, 0.5) is 0 Å². The summed E-state index contributed by atoms with van der Waals surface area (Å²) in [6, 6.07) is 0. The fourth-order valence-corrected chi connectivity index (χ4v) is 6.16. The molecule has 1 heteroatoms. The summed E-state index contributed by atoms with van der Waals surface area (Å²) in [4.78, 5) is 0. The molecule has 0 N–H and O–H groups in total. The lowest BCUT2D eigenvalue weighted by Gasteiger charge is -2.32. The quantitative estimate of drug-likeness (QED) is 0.599. The van der Waals surface area contributed by atoms with Gasteiger partial charge < -0.3 is 0 Å². The van der Waals surface area contributed by atoms with Crippen molar-refractivity contribution in [2.24, 2.45) is 5.92 Å². The Kier molecular flexibility index (Phi) is 5.03. The molecule has 3 unspecified atom stereocenters. The molecular formula is C18H28Si. The predicted octanol–water partition coefficient (Wildman–Crippen LogP) is 4.96. The molecule has 3 atom stereocenters. The third-order valence-corrected chi connectivity index (χ3v) is 7.41. The first-order chi connectivity index (χ1) is 9.19. The van der Waals surface area contributed by atoms with Crippen LogP contribution in [0.3, 0.4) is 0 Å². The summed E-state index contributed by atoms with van der Waals surface area (Å²) >= 11 is 0. The highest BCUT2D eigenvalue weighted by molar-refractivity contribution is 6.44. The molecule has 0 saturated heterocycles. The first-order valence-corrected chi connectivity index (χ1v) is 9.46. The molecule has 2 aliphatic carbocycles. The van der Waals surface area contributed by atoms with Gasteiger partial charge in [-0.3, -0.25) is 0 Å². The van der Waals surface area contributed by atoms with E-state index in [1.165, 1.54) is 25.7 Å². The molecule has 104 valence electrons. The molecule has 0 aliphatic heterocycles. The average Bonchev–Trinajstić information content (AvgIpc) is 2.87. The lowest BCUT2D eigenvalue weighted by Crippen LogP contribution is -2.21. The second-order valence-electron chi connectivity index (χ2n) is 6.31. The van der Waals surface area contributed by atoms with Crippen molar-refractivity contribution in [2.45, 2.75) is 57.0 Å². The topological polar surface area (TPSA) is 0 Å². The average molecular weight is 273 g/mol. The minimum absolute atomic E-state index is 0.149. The number of hydrogen-bond donors (Lipinski definition) is 0. The summed E-state index contributed by atoms with van der Waals surface area (Å²) in [5.74, 6) is 0.735. The van der Waals surface area contributed by atoms with Gasteiger partial charge in [-0.05, 0) is 41.3 Å². The van der Waals surface area contributed by atoms with E-state index >= 15 is 0 Å². The van der Waals surface area contributed by atoms with Crippen LogP contribution in [0.1, 0.15) is 46.5 Å². The second-order valence-corrected chi connectivity index (χ2v) is 9.07. The Balaban J connectivity index is 2.04. The van der Waals surface area contributed by atoms with E-state index in [1.54, 1.807) is 5.57 Å². The molecule has 0 nitrogen and oxygen atoms in total. The second kappa shape index (κ2) is 6.56. The molecular weight excluding hydrogens is 244 g/mol. The standard InChI is InChI=1S/C18H28Si/c1-4-11-18(12-7-6-8-13-18)19-17-10-9-16(14-17)15(3)5-2/h6-10,12,14-15,17H,4-5,11,13,19H2,1-3H3. The van der Waals surface area contributed by atoms with Crippen LogP contribution in [0.5, 0.6) is 0 Å². The van der Waals surface area contributed by atoms with Crippen molar-refractivity contribution < 1.29 is 0 Å². The van der Waals surface area contributed by atoms with Crippen molar-refractivity contribution in [1.82, 2.24) is 0 Å². The molecule has 2 rings (SSSR count). The monoisotopic (exact) mass is 272 g/mol. The SMILES string of the molecule is CCCC1([SiH2]C2C=CC(C(C)CC)=C2)C=CC=CC1. The molecule has 0 heterocycles. The van der Waals surface area contributed by atoms with Gasteiger partial charge in [0.1, 0.15) is 0 Å². The molecule has 19 heavy (non-hydrogen) atoms. The number of hydrogen-bond acceptors (Lipinski definition) is 0. The van der Waals surface area contributed by atoms with Gasteiger partial charge in [0.2, 0.25) is 0 Å². The maximum atomic E-state index is 2.57. The van der Waals surface area contributed by atoms with Crippen LogP contribution in [0.25, 0.3) is 0 Å². The third-order valence-electron chi connectivity index (χ3n) is 4.74. The van der Waals surface area contributed by atoms with E-state index in [9.17, 15) is 0 Å². The minimum atomic E-state index is -0.149. The highest BCUT2D eigenvalue weighted by atomic mass is 28.2. The van der Waals surface area contributed by atoms with Gasteiger partial charge in [-0.25, -0.2) is 0 Å². The summed E-state index contributed by atoms with van der Waals surface area (Å²) in [7, 11) is -0.149. The summed E-state index contributed by atoms with van der Waals surface area (Å²) < 4.78 is 0. The van der Waals surface area contributed by atoms with Crippen molar-refractivity contribution in [2.75, 3.05) is 0 Å². The lowest BCUT2D eigenvalue weighted by molar-refractivity contribution is 0.596. The van der Waals surface area contributed by atoms with Crippen molar-refractivity contribution >= 4 is 9.52 Å². The molecule has 2 aliphatic rings. The van der Waals surface area contributed by atoms with Gasteiger partial charge in [-0.1, -0.05) is 69.7 Å². The van der Waals surface area contributed by atoms with Crippen molar-refractivity contribution in [3.63, 3.8) is 0 Å². The Labute approximate surface area is 121 Å². The van der Waals surface area contributed by atoms with E-state index in [0.29, 0.717) is 5.04 Å². The zero-order chi connectivity index (χ0) is 13.7. The van der Waals surface area contributed by atoms with E-state index in [0.717, 1.165) is 11.5 Å². The third kappa shape index (κ3) is 3.59. The van der Waals surface area contributed by atoms with Gasteiger partial charge in [0.15, 0.2) is 0 Å². The van der Waals surface area contributed by atoms with Gasteiger partial charge in [-0.15, -0.1) is 0 Å². The highest BCUT2D eigenvalue weighted by Gasteiger charge is 2.30. The molecule has 0 saturated carbocycles. The maximum Gasteiger partial charge on any atom is 0.0447 e. The zero-order valence-corrected chi connectivity index (χ0v) is 14.1. The lowest BCUT2D eigenvalue weighted by atomic mass is 9.94. The van der Waals surface area contributed by atoms with Crippen molar-refractivity contribution in [3.8, 4) is 0 Å². The summed E-state index contributed by atoms with van der Waals surface area (Å²) in [5.41, 5.74) is 2.37. The van der Waals surface area contributed by atoms with Gasteiger partial charge >= 0.3 is 0 Å². The van der Waals surface area contributed by atoms with Gasteiger partial charge in [0.25, 0.3) is 0 Å². The molecule has 0 aromatic rings. The predicted molar refractivity (Wildman–Crippen MR) is 89.5 cm³/mol. The van der Waals surface area contributed by atoms with Crippen LogP contribution < -0.4 is 0 Å². The fourth-order valence-electron chi connectivity index (χ4n) is 3.40. The van der Waals surface area contributed by atoms with Crippen molar-refractivity contribution in [3.05, 3.63) is 48.1 Å². The Morgan fingerprint density at radius 2 is 2.21 bits per heavy atom. The smallest absolute Gasteiger partial charge is 0.0447 e. The van der Waals surface area contributed by atoms with Crippen LogP contribution in [-0.4, -0.2) is 9.52 Å². The summed E-state index contributed by atoms with van der Waals surface area (Å²) in [6.07, 6.45) is 22.1. The van der Waals surface area contributed by atoms with E-state index in [1.807, 2.05) is 0 Å². The molecule has 0 amide bonds.